The van der Waals surface area contributed by atoms with Gasteiger partial charge in [0.15, 0.2) is 0 Å². The highest BCUT2D eigenvalue weighted by Crippen LogP contribution is 2.32. The van der Waals surface area contributed by atoms with E-state index in [2.05, 4.69) is 30.4 Å². The van der Waals surface area contributed by atoms with Gasteiger partial charge in [0.25, 0.3) is 0 Å². The highest BCUT2D eigenvalue weighted by molar-refractivity contribution is 7.88. The minimum atomic E-state index is -3.07. The van der Waals surface area contributed by atoms with Crippen molar-refractivity contribution in [3.05, 3.63) is 34.9 Å². The van der Waals surface area contributed by atoms with Crippen LogP contribution in [0.3, 0.4) is 0 Å². The number of fused-ring (bicyclic) bond motifs is 1. The minimum Gasteiger partial charge on any atom is -0.308 e. The van der Waals surface area contributed by atoms with E-state index < -0.39 is 10.0 Å². The number of hydrogen-bond donors (Lipinski definition) is 1. The maximum absolute atomic E-state index is 11.8. The van der Waals surface area contributed by atoms with Gasteiger partial charge in [0.05, 0.1) is 6.26 Å². The van der Waals surface area contributed by atoms with Crippen LogP contribution in [0.2, 0.25) is 0 Å². The third kappa shape index (κ3) is 3.15. The number of sulfonamides is 1. The zero-order valence-corrected chi connectivity index (χ0v) is 13.6. The summed E-state index contributed by atoms with van der Waals surface area (Å²) in [6, 6.07) is 7.16. The average molecular weight is 308 g/mol. The van der Waals surface area contributed by atoms with E-state index in [9.17, 15) is 8.42 Å². The molecule has 1 N–H and O–H groups in total. The van der Waals surface area contributed by atoms with Crippen molar-refractivity contribution in [3.8, 4) is 0 Å². The summed E-state index contributed by atoms with van der Waals surface area (Å²) in [4.78, 5) is 0. The van der Waals surface area contributed by atoms with Crippen molar-refractivity contribution in [1.82, 2.24) is 9.62 Å². The first-order valence-electron chi connectivity index (χ1n) is 7.75. The van der Waals surface area contributed by atoms with Gasteiger partial charge in [-0.25, -0.2) is 8.42 Å². The Morgan fingerprint density at radius 3 is 2.90 bits per heavy atom. The Balaban J connectivity index is 1.66. The summed E-state index contributed by atoms with van der Waals surface area (Å²) in [7, 11) is -3.07. The van der Waals surface area contributed by atoms with Gasteiger partial charge in [-0.2, -0.15) is 4.31 Å². The van der Waals surface area contributed by atoms with Crippen LogP contribution >= 0.6 is 0 Å². The molecule has 1 fully saturated rings. The lowest BCUT2D eigenvalue weighted by molar-refractivity contribution is 0.358. The second-order valence-corrected chi connectivity index (χ2v) is 8.31. The van der Waals surface area contributed by atoms with Crippen molar-refractivity contribution in [3.63, 3.8) is 0 Å². The summed E-state index contributed by atoms with van der Waals surface area (Å²) in [5, 5.41) is 3.60. The Bertz CT molecular complexity index is 627. The molecule has 0 unspecified atom stereocenters. The van der Waals surface area contributed by atoms with Crippen LogP contribution in [0, 0.1) is 6.92 Å². The first kappa shape index (κ1) is 15.0. The molecule has 21 heavy (non-hydrogen) atoms. The molecule has 2 atom stereocenters. The molecule has 0 bridgehead atoms. The molecule has 4 nitrogen and oxygen atoms in total. The number of nitrogens with one attached hydrogen (secondary N) is 1. The van der Waals surface area contributed by atoms with Crippen LogP contribution in [0.4, 0.5) is 0 Å². The standard InChI is InChI=1S/C16H24N2O2S/c1-12-5-6-13-7-8-16(15(13)10-12)17-11-14-4-3-9-18(14)21(2,19)20/h5-6,10,14,16-17H,3-4,7-9,11H2,1-2H3/t14-,16-/m1/s1. The van der Waals surface area contributed by atoms with Crippen LogP contribution in [-0.4, -0.2) is 38.1 Å². The topological polar surface area (TPSA) is 49.4 Å². The zero-order valence-electron chi connectivity index (χ0n) is 12.8. The van der Waals surface area contributed by atoms with E-state index in [1.165, 1.54) is 22.9 Å². The lowest BCUT2D eigenvalue weighted by atomic mass is 10.0. The Hall–Kier alpha value is -0.910. The molecule has 1 aliphatic carbocycles. The largest absolute Gasteiger partial charge is 0.308 e. The molecule has 0 radical (unpaired) electrons. The maximum atomic E-state index is 11.8. The van der Waals surface area contributed by atoms with Crippen molar-refractivity contribution in [2.24, 2.45) is 0 Å². The fourth-order valence-electron chi connectivity index (χ4n) is 3.66. The predicted molar refractivity (Wildman–Crippen MR) is 84.8 cm³/mol. The molecule has 1 aromatic rings. The molecule has 1 aliphatic heterocycles. The summed E-state index contributed by atoms with van der Waals surface area (Å²) in [5.41, 5.74) is 4.13. The first-order chi connectivity index (χ1) is 9.95. The molecular formula is C16H24N2O2S. The normalized spacial score (nSPS) is 26.2. The lowest BCUT2D eigenvalue weighted by Crippen LogP contribution is -2.41. The molecule has 1 aromatic carbocycles. The van der Waals surface area contributed by atoms with Crippen LogP contribution in [0.1, 0.15) is 42.0 Å². The molecule has 1 heterocycles. The van der Waals surface area contributed by atoms with E-state index in [-0.39, 0.29) is 6.04 Å². The van der Waals surface area contributed by atoms with Crippen LogP contribution in [-0.2, 0) is 16.4 Å². The van der Waals surface area contributed by atoms with Crippen molar-refractivity contribution < 1.29 is 8.42 Å². The Morgan fingerprint density at radius 1 is 1.33 bits per heavy atom. The lowest BCUT2D eigenvalue weighted by Gasteiger charge is -2.24. The fraction of sp³-hybridized carbons (Fsp3) is 0.625. The molecule has 0 amide bonds. The van der Waals surface area contributed by atoms with E-state index in [0.29, 0.717) is 12.6 Å². The van der Waals surface area contributed by atoms with Gasteiger partial charge in [0.1, 0.15) is 0 Å². The summed E-state index contributed by atoms with van der Waals surface area (Å²) < 4.78 is 25.2. The Labute approximate surface area is 127 Å². The minimum absolute atomic E-state index is 0.119. The number of benzene rings is 1. The van der Waals surface area contributed by atoms with Crippen molar-refractivity contribution in [1.29, 1.82) is 0 Å². The molecule has 3 rings (SSSR count). The van der Waals surface area contributed by atoms with Crippen LogP contribution in [0.5, 0.6) is 0 Å². The number of aryl methyl sites for hydroxylation is 2. The monoisotopic (exact) mass is 308 g/mol. The number of hydrogen-bond acceptors (Lipinski definition) is 3. The summed E-state index contributed by atoms with van der Waals surface area (Å²) in [6.45, 7) is 3.55. The van der Waals surface area contributed by atoms with E-state index in [1.807, 2.05) is 0 Å². The van der Waals surface area contributed by atoms with E-state index in [1.54, 1.807) is 4.31 Å². The molecule has 0 saturated carbocycles. The van der Waals surface area contributed by atoms with E-state index in [4.69, 9.17) is 0 Å². The SMILES string of the molecule is Cc1ccc2c(c1)[C@H](NC[C@H]1CCCN1S(C)(=O)=O)CC2. The molecule has 0 spiro atoms. The van der Waals surface area contributed by atoms with Crippen LogP contribution in [0.15, 0.2) is 18.2 Å². The molecule has 5 heteroatoms. The van der Waals surface area contributed by atoms with Gasteiger partial charge < -0.3 is 5.32 Å². The average Bonchev–Trinajstić information content (AvgIpc) is 3.01. The van der Waals surface area contributed by atoms with Gasteiger partial charge in [0.2, 0.25) is 10.0 Å². The zero-order chi connectivity index (χ0) is 15.0. The molecule has 1 saturated heterocycles. The van der Waals surface area contributed by atoms with Gasteiger partial charge in [-0.3, -0.25) is 0 Å². The Kier molecular flexibility index (Phi) is 4.08. The van der Waals surface area contributed by atoms with Crippen LogP contribution in [0.25, 0.3) is 0 Å². The summed E-state index contributed by atoms with van der Waals surface area (Å²) >= 11 is 0. The van der Waals surface area contributed by atoms with E-state index in [0.717, 1.165) is 32.2 Å². The van der Waals surface area contributed by atoms with Gasteiger partial charge in [-0.15, -0.1) is 0 Å². The highest BCUT2D eigenvalue weighted by atomic mass is 32.2. The number of nitrogens with zero attached hydrogens (tertiary/aromatic N) is 1. The van der Waals surface area contributed by atoms with Gasteiger partial charge in [-0.1, -0.05) is 23.8 Å². The molecule has 0 aromatic heterocycles. The second-order valence-electron chi connectivity index (χ2n) is 6.37. The van der Waals surface area contributed by atoms with Gasteiger partial charge >= 0.3 is 0 Å². The summed E-state index contributed by atoms with van der Waals surface area (Å²) in [6.07, 6.45) is 5.49. The fourth-order valence-corrected chi connectivity index (χ4v) is 4.84. The second kappa shape index (κ2) is 5.71. The predicted octanol–water partition coefficient (Wildman–Crippen LogP) is 2.00. The first-order valence-corrected chi connectivity index (χ1v) is 9.59. The molecule has 116 valence electrons. The highest BCUT2D eigenvalue weighted by Gasteiger charge is 2.32. The van der Waals surface area contributed by atoms with Gasteiger partial charge in [-0.05, 0) is 43.7 Å². The molecular weight excluding hydrogens is 284 g/mol. The number of rotatable bonds is 4. The third-order valence-corrected chi connectivity index (χ3v) is 6.06. The van der Waals surface area contributed by atoms with Crippen molar-refractivity contribution in [2.75, 3.05) is 19.3 Å². The Morgan fingerprint density at radius 2 is 2.14 bits per heavy atom. The molecule has 2 aliphatic rings. The summed E-state index contributed by atoms with van der Waals surface area (Å²) in [5.74, 6) is 0. The van der Waals surface area contributed by atoms with Crippen molar-refractivity contribution in [2.45, 2.75) is 44.7 Å². The van der Waals surface area contributed by atoms with Crippen molar-refractivity contribution >= 4 is 10.0 Å². The van der Waals surface area contributed by atoms with Gasteiger partial charge in [0, 0.05) is 25.2 Å². The van der Waals surface area contributed by atoms with E-state index >= 15 is 0 Å². The third-order valence-electron chi connectivity index (χ3n) is 4.73. The quantitative estimate of drug-likeness (QED) is 0.925. The smallest absolute Gasteiger partial charge is 0.211 e. The maximum Gasteiger partial charge on any atom is 0.211 e. The van der Waals surface area contributed by atoms with Crippen LogP contribution < -0.4 is 5.32 Å².